The van der Waals surface area contributed by atoms with Gasteiger partial charge in [0.15, 0.2) is 0 Å². The van der Waals surface area contributed by atoms with E-state index in [1.165, 1.54) is 70.6 Å². The molecule has 9 nitrogen and oxygen atoms in total. The maximum absolute atomic E-state index is 12.8. The molecule has 0 aliphatic heterocycles. The summed E-state index contributed by atoms with van der Waals surface area (Å²) in [6.45, 7) is 12.2. The summed E-state index contributed by atoms with van der Waals surface area (Å²) in [5.41, 5.74) is -0.101. The van der Waals surface area contributed by atoms with Gasteiger partial charge in [-0.3, -0.25) is 19.2 Å². The van der Waals surface area contributed by atoms with Gasteiger partial charge >= 0.3 is 11.9 Å². The van der Waals surface area contributed by atoms with Gasteiger partial charge in [-0.1, -0.05) is 137 Å². The van der Waals surface area contributed by atoms with E-state index in [-0.39, 0.29) is 24.1 Å². The average Bonchev–Trinajstić information content (AvgIpc) is 3.19. The van der Waals surface area contributed by atoms with Gasteiger partial charge in [0.05, 0.1) is 0 Å². The molecule has 1 aromatic carbocycles. The predicted octanol–water partition coefficient (Wildman–Crippen LogP) is 11.6. The molecule has 2 N–H and O–H groups in total. The molecule has 2 atom stereocenters. The lowest BCUT2D eigenvalue weighted by atomic mass is 10.0. The number of anilines is 2. The minimum Gasteiger partial charge on any atom is -0.462 e. The van der Waals surface area contributed by atoms with Crippen molar-refractivity contribution < 1.29 is 19.1 Å². The summed E-state index contributed by atoms with van der Waals surface area (Å²) >= 11 is 0. The summed E-state index contributed by atoms with van der Waals surface area (Å²) in [7, 11) is 1.67. The van der Waals surface area contributed by atoms with Crippen LogP contribution in [0.2, 0.25) is 0 Å². The molecule has 0 spiro atoms. The van der Waals surface area contributed by atoms with E-state index in [1.807, 2.05) is 0 Å². The molecule has 0 heterocycles. The highest BCUT2D eigenvalue weighted by Gasteiger charge is 2.19. The van der Waals surface area contributed by atoms with Gasteiger partial charge in [-0.15, -0.1) is 0 Å². The number of carbonyl (C=O) groups is 2. The smallest absolute Gasteiger partial charge is 0.306 e. The Bertz CT molecular complexity index is 1170. The summed E-state index contributed by atoms with van der Waals surface area (Å²) < 4.78 is 11.7. The zero-order valence-electron chi connectivity index (χ0n) is 37.1. The Balaban J connectivity index is 2.41. The van der Waals surface area contributed by atoms with E-state index < -0.39 is 10.9 Å². The van der Waals surface area contributed by atoms with Crippen LogP contribution in [0, 0.1) is 0 Å². The van der Waals surface area contributed by atoms with Gasteiger partial charge in [-0.05, 0) is 83.7 Å². The van der Waals surface area contributed by atoms with E-state index in [1.54, 1.807) is 7.05 Å². The Morgan fingerprint density at radius 1 is 0.500 bits per heavy atom. The standard InChI is InChI=1S/C47H87N3O6/c1-6-10-13-15-19-26-33-41(32-25-18-14-11-7-2)56-43(52)35-28-21-17-23-30-38-50(39-36-49-45-44(48-5)46(53)47(45)54)37-29-22-16-20-27-34-42(51)55-40(9-4)31-24-12-8-3/h40-41,48-49H,6-39H2,1-5H3. The number of rotatable bonds is 41. The zero-order valence-corrected chi connectivity index (χ0v) is 37.1. The number of hydrogen-bond donors (Lipinski definition) is 2. The van der Waals surface area contributed by atoms with E-state index in [4.69, 9.17) is 9.47 Å². The Hall–Kier alpha value is -2.42. The second-order valence-corrected chi connectivity index (χ2v) is 16.3. The fourth-order valence-electron chi connectivity index (χ4n) is 7.59. The Labute approximate surface area is 343 Å². The SMILES string of the molecule is CCCCCCCCC(CCCCCCC)OC(=O)CCCCCCCN(CCCCCCCC(=O)OC(CC)CCCCC)CCNc1c(NC)c(=O)c1=O. The molecule has 0 bridgehead atoms. The molecule has 9 heteroatoms. The average molecular weight is 790 g/mol. The van der Waals surface area contributed by atoms with Crippen LogP contribution in [-0.2, 0) is 19.1 Å². The lowest BCUT2D eigenvalue weighted by Crippen LogP contribution is -2.38. The minimum atomic E-state index is -0.448. The van der Waals surface area contributed by atoms with Crippen molar-refractivity contribution in [1.29, 1.82) is 0 Å². The molecular weight excluding hydrogens is 703 g/mol. The van der Waals surface area contributed by atoms with E-state index >= 15 is 0 Å². The highest BCUT2D eigenvalue weighted by atomic mass is 16.5. The number of hydrogen-bond acceptors (Lipinski definition) is 9. The summed E-state index contributed by atoms with van der Waals surface area (Å²) in [6.07, 6.45) is 32.8. The molecule has 0 radical (unpaired) electrons. The number of nitrogens with zero attached hydrogens (tertiary/aromatic N) is 1. The molecule has 1 aromatic rings. The molecule has 0 saturated heterocycles. The van der Waals surface area contributed by atoms with E-state index in [9.17, 15) is 19.2 Å². The molecule has 2 unspecified atom stereocenters. The van der Waals surface area contributed by atoms with Crippen LogP contribution in [0.1, 0.15) is 220 Å². The second kappa shape index (κ2) is 35.7. The van der Waals surface area contributed by atoms with E-state index in [0.717, 1.165) is 129 Å². The summed E-state index contributed by atoms with van der Waals surface area (Å²) in [6, 6.07) is 0. The normalized spacial score (nSPS) is 12.6. The van der Waals surface area contributed by atoms with Gasteiger partial charge in [-0.25, -0.2) is 0 Å². The first-order valence-electron chi connectivity index (χ1n) is 23.7. The van der Waals surface area contributed by atoms with Crippen LogP contribution in [0.4, 0.5) is 11.4 Å². The lowest BCUT2D eigenvalue weighted by Gasteiger charge is -2.23. The van der Waals surface area contributed by atoms with Crippen molar-refractivity contribution in [3.63, 3.8) is 0 Å². The van der Waals surface area contributed by atoms with Gasteiger partial charge in [0.2, 0.25) is 0 Å². The minimum absolute atomic E-state index is 0.0146. The maximum atomic E-state index is 12.8. The molecule has 326 valence electrons. The highest BCUT2D eigenvalue weighted by molar-refractivity contribution is 5.73. The van der Waals surface area contributed by atoms with Crippen LogP contribution in [0.25, 0.3) is 0 Å². The number of carbonyl (C=O) groups excluding carboxylic acids is 2. The van der Waals surface area contributed by atoms with Crippen LogP contribution in [0.5, 0.6) is 0 Å². The summed E-state index contributed by atoms with van der Waals surface area (Å²) in [5.74, 6) is -0.0645. The van der Waals surface area contributed by atoms with Crippen molar-refractivity contribution in [2.45, 2.75) is 233 Å². The molecule has 0 saturated carbocycles. The zero-order chi connectivity index (χ0) is 41.1. The molecule has 0 aliphatic carbocycles. The first kappa shape index (κ1) is 51.6. The molecule has 0 aromatic heterocycles. The molecule has 0 aliphatic rings. The van der Waals surface area contributed by atoms with Crippen LogP contribution < -0.4 is 21.5 Å². The maximum Gasteiger partial charge on any atom is 0.306 e. The van der Waals surface area contributed by atoms with Gasteiger partial charge in [0, 0.05) is 33.0 Å². The first-order valence-corrected chi connectivity index (χ1v) is 23.7. The molecule has 0 amide bonds. The third-order valence-electron chi connectivity index (χ3n) is 11.3. The second-order valence-electron chi connectivity index (χ2n) is 16.3. The number of unbranched alkanes of at least 4 members (excludes halogenated alkanes) is 19. The van der Waals surface area contributed by atoms with Crippen LogP contribution in [0.15, 0.2) is 9.59 Å². The van der Waals surface area contributed by atoms with Crippen molar-refractivity contribution in [3.8, 4) is 0 Å². The lowest BCUT2D eigenvalue weighted by molar-refractivity contribution is -0.150. The Morgan fingerprint density at radius 2 is 0.893 bits per heavy atom. The van der Waals surface area contributed by atoms with Crippen molar-refractivity contribution in [2.75, 3.05) is 43.9 Å². The highest BCUT2D eigenvalue weighted by Crippen LogP contribution is 2.19. The largest absolute Gasteiger partial charge is 0.462 e. The van der Waals surface area contributed by atoms with Gasteiger partial charge in [0.25, 0.3) is 10.9 Å². The topological polar surface area (TPSA) is 114 Å². The van der Waals surface area contributed by atoms with Crippen molar-refractivity contribution in [2.24, 2.45) is 0 Å². The third kappa shape index (κ3) is 25.8. The Kier molecular flexibility index (Phi) is 32.9. The number of esters is 2. The van der Waals surface area contributed by atoms with Crippen LogP contribution >= 0.6 is 0 Å². The van der Waals surface area contributed by atoms with Gasteiger partial charge in [0.1, 0.15) is 23.6 Å². The monoisotopic (exact) mass is 790 g/mol. The third-order valence-corrected chi connectivity index (χ3v) is 11.3. The molecule has 1 rings (SSSR count). The summed E-state index contributed by atoms with van der Waals surface area (Å²) in [4.78, 5) is 51.4. The first-order chi connectivity index (χ1) is 27.3. The number of ether oxygens (including phenoxy) is 2. The van der Waals surface area contributed by atoms with E-state index in [0.29, 0.717) is 30.8 Å². The van der Waals surface area contributed by atoms with Crippen LogP contribution in [-0.4, -0.2) is 62.3 Å². The molecular formula is C47H87N3O6. The predicted molar refractivity (Wildman–Crippen MR) is 237 cm³/mol. The fraction of sp³-hybridized carbons (Fsp3) is 0.872. The van der Waals surface area contributed by atoms with Crippen molar-refractivity contribution in [3.05, 3.63) is 20.4 Å². The Morgan fingerprint density at radius 3 is 1.39 bits per heavy atom. The van der Waals surface area contributed by atoms with Gasteiger partial charge in [-0.2, -0.15) is 0 Å². The molecule has 56 heavy (non-hydrogen) atoms. The number of nitrogens with one attached hydrogen (secondary N) is 2. The van der Waals surface area contributed by atoms with Gasteiger partial charge < -0.3 is 25.0 Å². The quantitative estimate of drug-likeness (QED) is 0.0380. The van der Waals surface area contributed by atoms with Crippen LogP contribution in [0.3, 0.4) is 0 Å². The van der Waals surface area contributed by atoms with Crippen molar-refractivity contribution in [1.82, 2.24) is 4.90 Å². The molecule has 0 fully saturated rings. The summed E-state index contributed by atoms with van der Waals surface area (Å²) in [5, 5.41) is 6.03. The van der Waals surface area contributed by atoms with E-state index in [2.05, 4.69) is 43.2 Å². The fourth-order valence-corrected chi connectivity index (χ4v) is 7.59. The van der Waals surface area contributed by atoms with Crippen molar-refractivity contribution >= 4 is 23.3 Å².